The third kappa shape index (κ3) is 4.30. The number of Topliss-reactive ketones (excluding diaryl/α,β-unsaturated/α-hetero) is 1. The summed E-state index contributed by atoms with van der Waals surface area (Å²) >= 11 is 0. The number of carbonyl (C=O) groups excluding carboxylic acids is 3. The molecule has 0 saturated heterocycles. The average molecular weight is 339 g/mol. The zero-order valence-corrected chi connectivity index (χ0v) is 13.7. The first kappa shape index (κ1) is 17.9. The molecule has 1 aromatic rings. The molecule has 0 bridgehead atoms. The maximum atomic E-state index is 12.4. The Morgan fingerprint density at radius 2 is 2.17 bits per heavy atom. The van der Waals surface area contributed by atoms with Crippen LogP contribution in [0.4, 0.5) is 0 Å². The van der Waals surface area contributed by atoms with Crippen LogP contribution in [0.25, 0.3) is 0 Å². The van der Waals surface area contributed by atoms with E-state index in [2.05, 4.69) is 19.7 Å². The van der Waals surface area contributed by atoms with Crippen molar-refractivity contribution in [1.29, 1.82) is 0 Å². The molecule has 0 fully saturated rings. The van der Waals surface area contributed by atoms with Crippen LogP contribution in [0.2, 0.25) is 0 Å². The summed E-state index contributed by atoms with van der Waals surface area (Å²) in [6, 6.07) is -1.37. The van der Waals surface area contributed by atoms with E-state index in [0.29, 0.717) is 18.7 Å². The molecule has 0 saturated carbocycles. The molecule has 1 aromatic heterocycles. The Bertz CT molecular complexity index is 677. The number of ketones is 1. The molecule has 0 spiro atoms. The smallest absolute Gasteiger partial charge is 0.441 e. The van der Waals surface area contributed by atoms with Crippen molar-refractivity contribution in [2.24, 2.45) is 0 Å². The van der Waals surface area contributed by atoms with Gasteiger partial charge in [0.2, 0.25) is 5.91 Å². The quantitative estimate of drug-likeness (QED) is 0.731. The number of amides is 1. The minimum Gasteiger partial charge on any atom is -0.467 e. The van der Waals surface area contributed by atoms with E-state index in [9.17, 15) is 19.2 Å². The van der Waals surface area contributed by atoms with Crippen LogP contribution in [0.1, 0.15) is 50.9 Å². The van der Waals surface area contributed by atoms with E-state index in [4.69, 9.17) is 0 Å². The van der Waals surface area contributed by atoms with Crippen LogP contribution in [0.15, 0.2) is 9.32 Å². The molecule has 2 atom stereocenters. The van der Waals surface area contributed by atoms with Gasteiger partial charge in [-0.25, -0.2) is 9.59 Å². The number of fused-ring (bicyclic) bond motifs is 1. The van der Waals surface area contributed by atoms with E-state index >= 15 is 0 Å². The van der Waals surface area contributed by atoms with Gasteiger partial charge in [0.1, 0.15) is 11.8 Å². The highest BCUT2D eigenvalue weighted by atomic mass is 16.5. The van der Waals surface area contributed by atoms with Crippen molar-refractivity contribution in [3.05, 3.63) is 16.4 Å². The summed E-state index contributed by atoms with van der Waals surface area (Å²) in [4.78, 5) is 47.0. The summed E-state index contributed by atoms with van der Waals surface area (Å²) in [7, 11) is 1.19. The molecular weight excluding hydrogens is 318 g/mol. The molecule has 1 aliphatic heterocycles. The minimum atomic E-state index is -1.02. The molecule has 0 radical (unpaired) electrons. The Morgan fingerprint density at radius 3 is 2.83 bits per heavy atom. The predicted molar refractivity (Wildman–Crippen MR) is 81.2 cm³/mol. The summed E-state index contributed by atoms with van der Waals surface area (Å²) < 4.78 is 10.7. The average Bonchev–Trinajstić information content (AvgIpc) is 2.76. The monoisotopic (exact) mass is 339 g/mol. The van der Waals surface area contributed by atoms with Gasteiger partial charge in [0.25, 0.3) is 0 Å². The van der Waals surface area contributed by atoms with Crippen LogP contribution in [0, 0.1) is 0 Å². The van der Waals surface area contributed by atoms with Crippen molar-refractivity contribution in [2.75, 3.05) is 7.11 Å². The lowest BCUT2D eigenvalue weighted by Crippen LogP contribution is -2.42. The fourth-order valence-corrected chi connectivity index (χ4v) is 2.95. The van der Waals surface area contributed by atoms with Crippen molar-refractivity contribution >= 4 is 17.7 Å². The molecule has 0 aromatic carbocycles. The molecule has 2 heterocycles. The van der Waals surface area contributed by atoms with Crippen LogP contribution in [-0.4, -0.2) is 40.5 Å². The maximum Gasteiger partial charge on any atom is 0.441 e. The molecule has 1 aliphatic rings. The lowest BCUT2D eigenvalue weighted by molar-refractivity contribution is -0.146. The Morgan fingerprint density at radius 1 is 1.42 bits per heavy atom. The number of rotatable bonds is 6. The Balaban J connectivity index is 2.08. The molecular formula is C15H21N3O6. The van der Waals surface area contributed by atoms with Crippen molar-refractivity contribution < 1.29 is 23.6 Å². The Hall–Kier alpha value is -2.45. The summed E-state index contributed by atoms with van der Waals surface area (Å²) in [5, 5.41) is 6.15. The number of hydrogen-bond donors (Lipinski definition) is 1. The number of nitrogens with one attached hydrogen (secondary N) is 1. The summed E-state index contributed by atoms with van der Waals surface area (Å²) in [6.07, 6.45) is 2.91. The van der Waals surface area contributed by atoms with E-state index in [-0.39, 0.29) is 24.7 Å². The molecule has 2 rings (SSSR count). The minimum absolute atomic E-state index is 0.0706. The lowest BCUT2D eigenvalue weighted by Gasteiger charge is -2.18. The topological polar surface area (TPSA) is 120 Å². The molecule has 0 aliphatic carbocycles. The van der Waals surface area contributed by atoms with E-state index in [1.54, 1.807) is 0 Å². The number of hydrogen-bond acceptors (Lipinski definition) is 7. The summed E-state index contributed by atoms with van der Waals surface area (Å²) in [6.45, 7) is 1.26. The van der Waals surface area contributed by atoms with Gasteiger partial charge in [-0.05, 0) is 12.8 Å². The first-order chi connectivity index (χ1) is 11.4. The molecule has 2 unspecified atom stereocenters. The molecule has 9 heteroatoms. The summed E-state index contributed by atoms with van der Waals surface area (Å²) in [5.41, 5.74) is 0. The van der Waals surface area contributed by atoms with Crippen LogP contribution < -0.4 is 11.1 Å². The number of esters is 1. The Kier molecular flexibility index (Phi) is 5.88. The van der Waals surface area contributed by atoms with Crippen molar-refractivity contribution in [3.8, 4) is 0 Å². The highest BCUT2D eigenvalue weighted by molar-refractivity contribution is 5.89. The molecule has 1 N–H and O–H groups in total. The van der Waals surface area contributed by atoms with E-state index in [1.807, 2.05) is 0 Å². The number of carbonyl (C=O) groups is 3. The second-order valence-corrected chi connectivity index (χ2v) is 5.86. The van der Waals surface area contributed by atoms with Gasteiger partial charge in [-0.15, -0.1) is 0 Å². The normalized spacial score (nSPS) is 18.2. The van der Waals surface area contributed by atoms with Gasteiger partial charge < -0.3 is 10.1 Å². The second-order valence-electron chi connectivity index (χ2n) is 5.86. The zero-order valence-electron chi connectivity index (χ0n) is 13.7. The van der Waals surface area contributed by atoms with Crippen LogP contribution >= 0.6 is 0 Å². The molecule has 9 nitrogen and oxygen atoms in total. The van der Waals surface area contributed by atoms with Gasteiger partial charge in [-0.3, -0.25) is 18.7 Å². The van der Waals surface area contributed by atoms with E-state index < -0.39 is 23.7 Å². The number of aromatic nitrogens is 2. The number of methoxy groups -OCH3 is 1. The number of ether oxygens (including phenoxy) is 1. The number of nitrogens with zero attached hydrogens (tertiary/aromatic N) is 2. The van der Waals surface area contributed by atoms with Crippen molar-refractivity contribution in [1.82, 2.24) is 15.0 Å². The van der Waals surface area contributed by atoms with Gasteiger partial charge in [-0.1, -0.05) is 11.6 Å². The first-order valence-electron chi connectivity index (χ1n) is 7.86. The van der Waals surface area contributed by atoms with E-state index in [0.717, 1.165) is 12.8 Å². The lowest BCUT2D eigenvalue weighted by atomic mass is 10.0. The third-order valence-electron chi connectivity index (χ3n) is 4.02. The standard InChI is InChI=1S/C15H21N3O6/c1-9(19)16-12(14(21)23-2)8-11(20)7-10-5-3-4-6-13-17-24-15(22)18(10)13/h10,12H,3-8H2,1-2H3,(H,16,19). The third-order valence-corrected chi connectivity index (χ3v) is 4.02. The van der Waals surface area contributed by atoms with Gasteiger partial charge in [0, 0.05) is 32.2 Å². The molecule has 132 valence electrons. The van der Waals surface area contributed by atoms with Crippen LogP contribution in [-0.2, 0) is 25.5 Å². The van der Waals surface area contributed by atoms with Crippen LogP contribution in [0.5, 0.6) is 0 Å². The van der Waals surface area contributed by atoms with Gasteiger partial charge in [0.05, 0.1) is 7.11 Å². The fraction of sp³-hybridized carbons (Fsp3) is 0.667. The zero-order chi connectivity index (χ0) is 17.7. The van der Waals surface area contributed by atoms with Crippen molar-refractivity contribution in [3.63, 3.8) is 0 Å². The Labute approximate surface area is 138 Å². The SMILES string of the molecule is COC(=O)C(CC(=O)CC1CCCCc2noc(=O)n21)NC(C)=O. The largest absolute Gasteiger partial charge is 0.467 e. The predicted octanol–water partition coefficient (Wildman–Crippen LogP) is 0.131. The molecule has 1 amide bonds. The molecule has 24 heavy (non-hydrogen) atoms. The van der Waals surface area contributed by atoms with Gasteiger partial charge in [-0.2, -0.15) is 0 Å². The van der Waals surface area contributed by atoms with Gasteiger partial charge in [0.15, 0.2) is 5.82 Å². The first-order valence-corrected chi connectivity index (χ1v) is 7.86. The highest BCUT2D eigenvalue weighted by Crippen LogP contribution is 2.25. The van der Waals surface area contributed by atoms with Crippen molar-refractivity contribution in [2.45, 2.75) is 57.5 Å². The second kappa shape index (κ2) is 7.89. The van der Waals surface area contributed by atoms with Gasteiger partial charge >= 0.3 is 11.7 Å². The fourth-order valence-electron chi connectivity index (χ4n) is 2.95. The highest BCUT2D eigenvalue weighted by Gasteiger charge is 2.28. The summed E-state index contributed by atoms with van der Waals surface area (Å²) in [5.74, 6) is -1.38. The number of aryl methyl sites for hydroxylation is 1. The van der Waals surface area contributed by atoms with Crippen LogP contribution in [0.3, 0.4) is 0 Å². The van der Waals surface area contributed by atoms with E-state index in [1.165, 1.54) is 18.6 Å². The maximum absolute atomic E-state index is 12.4.